The number of hydrogen-bond donors (Lipinski definition) is 0. The van der Waals surface area contributed by atoms with Crippen LogP contribution >= 0.6 is 0 Å². The van der Waals surface area contributed by atoms with Gasteiger partial charge in [0.05, 0.1) is 0 Å². The van der Waals surface area contributed by atoms with E-state index in [-0.39, 0.29) is 0 Å². The zero-order chi connectivity index (χ0) is 12.0. The Morgan fingerprint density at radius 2 is 1.71 bits per heavy atom. The summed E-state index contributed by atoms with van der Waals surface area (Å²) >= 11 is 0. The zero-order valence-electron chi connectivity index (χ0n) is 11.1. The maximum absolute atomic E-state index is 12.4. The van der Waals surface area contributed by atoms with Gasteiger partial charge in [-0.15, -0.1) is 0 Å². The molecule has 2 atom stereocenters. The molecule has 2 unspecified atom stereocenters. The van der Waals surface area contributed by atoms with Gasteiger partial charge in [-0.25, -0.2) is 0 Å². The van der Waals surface area contributed by atoms with E-state index in [1.54, 1.807) is 0 Å². The summed E-state index contributed by atoms with van der Waals surface area (Å²) in [4.78, 5) is 16.8. The molecule has 1 heterocycles. The van der Waals surface area contributed by atoms with E-state index in [1.807, 2.05) is 7.05 Å². The van der Waals surface area contributed by atoms with Gasteiger partial charge in [0.25, 0.3) is 0 Å². The van der Waals surface area contributed by atoms with Crippen molar-refractivity contribution in [1.29, 1.82) is 0 Å². The summed E-state index contributed by atoms with van der Waals surface area (Å²) in [6.07, 6.45) is 6.07. The lowest BCUT2D eigenvalue weighted by Gasteiger charge is -2.36. The van der Waals surface area contributed by atoms with Gasteiger partial charge in [-0.05, 0) is 64.1 Å². The maximum atomic E-state index is 12.4. The molecular weight excluding hydrogens is 212 g/mol. The molecule has 3 aliphatic rings. The third-order valence-electron chi connectivity index (χ3n) is 5.18. The lowest BCUT2D eigenvalue weighted by Crippen LogP contribution is -2.46. The summed E-state index contributed by atoms with van der Waals surface area (Å²) in [6, 6.07) is 0.496. The first kappa shape index (κ1) is 11.5. The molecule has 0 radical (unpaired) electrons. The van der Waals surface area contributed by atoms with Gasteiger partial charge in [0.2, 0.25) is 5.91 Å². The number of hydrogen-bond acceptors (Lipinski definition) is 2. The predicted octanol–water partition coefficient (Wildman–Crippen LogP) is 1.59. The second-order valence-electron chi connectivity index (χ2n) is 6.41. The molecule has 1 aliphatic heterocycles. The van der Waals surface area contributed by atoms with E-state index < -0.39 is 0 Å². The molecule has 0 aromatic heterocycles. The number of carbonyl (C=O) groups is 1. The fraction of sp³-hybridized carbons (Fsp3) is 0.929. The van der Waals surface area contributed by atoms with Crippen LogP contribution in [0.1, 0.15) is 32.1 Å². The van der Waals surface area contributed by atoms with Crippen molar-refractivity contribution in [3.63, 3.8) is 0 Å². The Labute approximate surface area is 104 Å². The van der Waals surface area contributed by atoms with Crippen molar-refractivity contribution in [3.8, 4) is 0 Å². The van der Waals surface area contributed by atoms with Gasteiger partial charge in [-0.1, -0.05) is 0 Å². The standard InChI is InChI=1S/C14H24N2O/c1-15-5-3-13(4-6-15)16(2)14(17)12-8-10-7-11(10)9-12/h10-13H,3-9H2,1-2H3. The van der Waals surface area contributed by atoms with Gasteiger partial charge in [-0.3, -0.25) is 4.79 Å². The smallest absolute Gasteiger partial charge is 0.225 e. The molecule has 3 nitrogen and oxygen atoms in total. The van der Waals surface area contributed by atoms with Gasteiger partial charge >= 0.3 is 0 Å². The average molecular weight is 236 g/mol. The minimum Gasteiger partial charge on any atom is -0.342 e. The molecule has 0 spiro atoms. The van der Waals surface area contributed by atoms with Crippen LogP contribution in [0.25, 0.3) is 0 Å². The van der Waals surface area contributed by atoms with E-state index in [1.165, 1.54) is 19.3 Å². The maximum Gasteiger partial charge on any atom is 0.225 e. The monoisotopic (exact) mass is 236 g/mol. The van der Waals surface area contributed by atoms with E-state index >= 15 is 0 Å². The minimum absolute atomic E-state index is 0.364. The fourth-order valence-corrected chi connectivity index (χ4v) is 3.77. The Hall–Kier alpha value is -0.570. The molecule has 2 saturated carbocycles. The van der Waals surface area contributed by atoms with Crippen LogP contribution in [-0.4, -0.2) is 48.9 Å². The molecule has 3 fully saturated rings. The number of likely N-dealkylation sites (tertiary alicyclic amines) is 1. The van der Waals surface area contributed by atoms with Gasteiger partial charge in [-0.2, -0.15) is 0 Å². The number of rotatable bonds is 2. The molecule has 1 saturated heterocycles. The Bertz CT molecular complexity index is 299. The Morgan fingerprint density at radius 1 is 1.12 bits per heavy atom. The van der Waals surface area contributed by atoms with E-state index in [0.29, 0.717) is 17.9 Å². The van der Waals surface area contributed by atoms with Crippen molar-refractivity contribution < 1.29 is 4.79 Å². The minimum atomic E-state index is 0.364. The third kappa shape index (κ3) is 2.22. The van der Waals surface area contributed by atoms with Gasteiger partial charge < -0.3 is 9.80 Å². The van der Waals surface area contributed by atoms with Gasteiger partial charge in [0.15, 0.2) is 0 Å². The van der Waals surface area contributed by atoms with Crippen LogP contribution in [0.2, 0.25) is 0 Å². The van der Waals surface area contributed by atoms with Crippen LogP contribution in [0, 0.1) is 17.8 Å². The largest absolute Gasteiger partial charge is 0.342 e. The topological polar surface area (TPSA) is 23.6 Å². The fourth-order valence-electron chi connectivity index (χ4n) is 3.77. The summed E-state index contributed by atoms with van der Waals surface area (Å²) in [7, 11) is 4.20. The lowest BCUT2D eigenvalue weighted by atomic mass is 9.98. The van der Waals surface area contributed by atoms with Crippen LogP contribution in [0.3, 0.4) is 0 Å². The number of fused-ring (bicyclic) bond motifs is 1. The van der Waals surface area contributed by atoms with Crippen LogP contribution in [-0.2, 0) is 4.79 Å². The summed E-state index contributed by atoms with van der Waals surface area (Å²) in [6.45, 7) is 2.27. The van der Waals surface area contributed by atoms with Crippen molar-refractivity contribution in [2.45, 2.75) is 38.1 Å². The molecule has 0 aromatic rings. The first-order valence-corrected chi connectivity index (χ1v) is 7.10. The summed E-state index contributed by atoms with van der Waals surface area (Å²) in [5.41, 5.74) is 0. The molecule has 1 amide bonds. The number of nitrogens with zero attached hydrogens (tertiary/aromatic N) is 2. The quantitative estimate of drug-likeness (QED) is 0.727. The van der Waals surface area contributed by atoms with Crippen molar-refractivity contribution in [3.05, 3.63) is 0 Å². The molecule has 3 rings (SSSR count). The average Bonchev–Trinajstić information content (AvgIpc) is 2.95. The van der Waals surface area contributed by atoms with E-state index in [9.17, 15) is 4.79 Å². The lowest BCUT2D eigenvalue weighted by molar-refractivity contribution is -0.137. The van der Waals surface area contributed by atoms with Gasteiger partial charge in [0, 0.05) is 19.0 Å². The highest BCUT2D eigenvalue weighted by Gasteiger charge is 2.48. The summed E-state index contributed by atoms with van der Waals surface area (Å²) in [5.74, 6) is 2.62. The van der Waals surface area contributed by atoms with Crippen molar-refractivity contribution in [1.82, 2.24) is 9.80 Å². The van der Waals surface area contributed by atoms with Crippen LogP contribution in [0.5, 0.6) is 0 Å². The molecule has 2 aliphatic carbocycles. The SMILES string of the molecule is CN1CCC(N(C)C(=O)C2CC3CC3C2)CC1. The Balaban J connectivity index is 1.54. The van der Waals surface area contributed by atoms with E-state index in [4.69, 9.17) is 0 Å². The first-order valence-electron chi connectivity index (χ1n) is 7.10. The van der Waals surface area contributed by atoms with E-state index in [2.05, 4.69) is 16.8 Å². The Kier molecular flexibility index (Phi) is 2.89. The Morgan fingerprint density at radius 3 is 2.29 bits per heavy atom. The number of piperidine rings is 1. The molecule has 0 bridgehead atoms. The first-order chi connectivity index (χ1) is 8.15. The van der Waals surface area contributed by atoms with Crippen molar-refractivity contribution >= 4 is 5.91 Å². The highest BCUT2D eigenvalue weighted by molar-refractivity contribution is 5.79. The number of carbonyl (C=O) groups excluding carboxylic acids is 1. The third-order valence-corrected chi connectivity index (χ3v) is 5.18. The van der Waals surface area contributed by atoms with Crippen LogP contribution in [0.15, 0.2) is 0 Å². The second kappa shape index (κ2) is 4.27. The van der Waals surface area contributed by atoms with Gasteiger partial charge in [0.1, 0.15) is 0 Å². The molecular formula is C14H24N2O. The molecule has 17 heavy (non-hydrogen) atoms. The highest BCUT2D eigenvalue weighted by atomic mass is 16.2. The summed E-state index contributed by atoms with van der Waals surface area (Å²) in [5, 5.41) is 0. The highest BCUT2D eigenvalue weighted by Crippen LogP contribution is 2.54. The zero-order valence-corrected chi connectivity index (χ0v) is 11.1. The second-order valence-corrected chi connectivity index (χ2v) is 6.41. The molecule has 96 valence electrons. The normalized spacial score (nSPS) is 37.9. The molecule has 3 heteroatoms. The van der Waals surface area contributed by atoms with Crippen molar-refractivity contribution in [2.75, 3.05) is 27.2 Å². The predicted molar refractivity (Wildman–Crippen MR) is 67.6 cm³/mol. The van der Waals surface area contributed by atoms with Crippen LogP contribution < -0.4 is 0 Å². The van der Waals surface area contributed by atoms with Crippen LogP contribution in [0.4, 0.5) is 0 Å². The molecule has 0 aromatic carbocycles. The van der Waals surface area contributed by atoms with E-state index in [0.717, 1.165) is 37.8 Å². The summed E-state index contributed by atoms with van der Waals surface area (Å²) < 4.78 is 0. The molecule has 0 N–H and O–H groups in total. The van der Waals surface area contributed by atoms with Crippen molar-refractivity contribution in [2.24, 2.45) is 17.8 Å². The number of amides is 1.